The van der Waals surface area contributed by atoms with E-state index >= 15 is 0 Å². The smallest absolute Gasteiger partial charge is 0.337 e. The van der Waals surface area contributed by atoms with Crippen LogP contribution in [0.15, 0.2) is 0 Å². The molecule has 3 N–H and O–H groups in total. The molecule has 30 heavy (non-hydrogen) atoms. The SMILES string of the molecule is CCCCCCCCCCNC(=O)[C@H](CC(C)C)NC(=O)[C@H]1OS(=O)O[C@@H]1C(=O)O. The molecule has 0 radical (unpaired) electrons. The zero-order valence-electron chi connectivity index (χ0n) is 18.2. The summed E-state index contributed by atoms with van der Waals surface area (Å²) in [5.74, 6) is -2.50. The minimum Gasteiger partial charge on any atom is -0.479 e. The lowest BCUT2D eigenvalue weighted by Crippen LogP contribution is -2.53. The standard InChI is InChI=1S/C20H36N2O7S/c1-4-5-6-7-8-9-10-11-12-21-18(23)15(13-14(2)3)22-19(24)16-17(20(25)26)29-30(27)28-16/h14-17H,4-13H2,1-3H3,(H,21,23)(H,22,24)(H,25,26)/t15-,16-,17-,30?/m0/s1. The van der Waals surface area contributed by atoms with Crippen LogP contribution in [0.3, 0.4) is 0 Å². The Morgan fingerprint density at radius 1 is 0.967 bits per heavy atom. The van der Waals surface area contributed by atoms with Gasteiger partial charge in [-0.2, -0.15) is 4.21 Å². The van der Waals surface area contributed by atoms with Gasteiger partial charge >= 0.3 is 17.3 Å². The number of rotatable bonds is 15. The van der Waals surface area contributed by atoms with Crippen molar-refractivity contribution in [2.75, 3.05) is 6.54 Å². The van der Waals surface area contributed by atoms with E-state index in [-0.39, 0.29) is 11.8 Å². The van der Waals surface area contributed by atoms with Gasteiger partial charge in [-0.05, 0) is 18.8 Å². The molecule has 2 amide bonds. The fraction of sp³-hybridized carbons (Fsp3) is 0.850. The van der Waals surface area contributed by atoms with Crippen molar-refractivity contribution < 1.29 is 32.1 Å². The number of hydrogen-bond acceptors (Lipinski definition) is 6. The molecular weight excluding hydrogens is 412 g/mol. The van der Waals surface area contributed by atoms with E-state index in [1.807, 2.05) is 13.8 Å². The van der Waals surface area contributed by atoms with Crippen LogP contribution in [-0.4, -0.2) is 51.9 Å². The van der Waals surface area contributed by atoms with E-state index in [0.717, 1.165) is 19.3 Å². The van der Waals surface area contributed by atoms with Crippen LogP contribution in [0.25, 0.3) is 0 Å². The van der Waals surface area contributed by atoms with Crippen LogP contribution in [0.5, 0.6) is 0 Å². The lowest BCUT2D eigenvalue weighted by Gasteiger charge is -2.22. The van der Waals surface area contributed by atoms with Crippen LogP contribution >= 0.6 is 0 Å². The number of aliphatic carboxylic acids is 1. The molecule has 1 saturated heterocycles. The summed E-state index contributed by atoms with van der Waals surface area (Å²) in [4.78, 5) is 36.1. The van der Waals surface area contributed by atoms with Gasteiger partial charge in [0.15, 0.2) is 6.10 Å². The Labute approximate surface area is 181 Å². The molecule has 1 unspecified atom stereocenters. The van der Waals surface area contributed by atoms with Gasteiger partial charge in [0.2, 0.25) is 12.0 Å². The van der Waals surface area contributed by atoms with Crippen molar-refractivity contribution in [1.29, 1.82) is 0 Å². The third kappa shape index (κ3) is 9.99. The second-order valence-electron chi connectivity index (χ2n) is 8.03. The number of unbranched alkanes of at least 4 members (excludes halogenated alkanes) is 7. The fourth-order valence-corrected chi connectivity index (χ4v) is 3.95. The largest absolute Gasteiger partial charge is 0.479 e. The molecule has 4 atom stereocenters. The maximum Gasteiger partial charge on any atom is 0.337 e. The average molecular weight is 449 g/mol. The summed E-state index contributed by atoms with van der Waals surface area (Å²) < 4.78 is 20.7. The molecule has 1 rings (SSSR count). The van der Waals surface area contributed by atoms with E-state index in [0.29, 0.717) is 13.0 Å². The normalized spacial score (nSPS) is 22.1. The Balaban J connectivity index is 2.44. The number of carboxylic acid groups (broad SMARTS) is 1. The summed E-state index contributed by atoms with van der Waals surface area (Å²) in [5, 5.41) is 14.4. The van der Waals surface area contributed by atoms with Crippen molar-refractivity contribution in [2.45, 2.75) is 96.8 Å². The fourth-order valence-electron chi connectivity index (χ4n) is 3.20. The summed E-state index contributed by atoms with van der Waals surface area (Å²) in [6, 6.07) is -0.835. The Hall–Kier alpha value is -1.52. The highest BCUT2D eigenvalue weighted by molar-refractivity contribution is 7.75. The number of nitrogens with one attached hydrogen (secondary N) is 2. The Kier molecular flexibility index (Phi) is 12.8. The number of carbonyl (C=O) groups excluding carboxylic acids is 2. The monoisotopic (exact) mass is 448 g/mol. The van der Waals surface area contributed by atoms with E-state index in [4.69, 9.17) is 9.29 Å². The van der Waals surface area contributed by atoms with Crippen LogP contribution in [0.2, 0.25) is 0 Å². The third-order valence-electron chi connectivity index (χ3n) is 4.81. The molecule has 1 aliphatic heterocycles. The van der Waals surface area contributed by atoms with Gasteiger partial charge < -0.3 is 15.7 Å². The Morgan fingerprint density at radius 2 is 1.53 bits per heavy atom. The summed E-state index contributed by atoms with van der Waals surface area (Å²) in [6.45, 7) is 6.53. The first-order chi connectivity index (χ1) is 14.3. The van der Waals surface area contributed by atoms with Crippen LogP contribution in [0, 0.1) is 5.92 Å². The van der Waals surface area contributed by atoms with Crippen molar-refractivity contribution in [3.63, 3.8) is 0 Å². The molecule has 1 fully saturated rings. The molecule has 174 valence electrons. The first-order valence-corrected chi connectivity index (χ1v) is 11.8. The van der Waals surface area contributed by atoms with Crippen molar-refractivity contribution in [2.24, 2.45) is 5.92 Å². The van der Waals surface area contributed by atoms with Crippen molar-refractivity contribution in [1.82, 2.24) is 10.6 Å². The molecule has 0 spiro atoms. The van der Waals surface area contributed by atoms with Gasteiger partial charge in [-0.25, -0.2) is 8.98 Å². The lowest BCUT2D eigenvalue weighted by molar-refractivity contribution is -0.150. The minimum atomic E-state index is -2.31. The van der Waals surface area contributed by atoms with Crippen LogP contribution < -0.4 is 10.6 Å². The Morgan fingerprint density at radius 3 is 2.10 bits per heavy atom. The van der Waals surface area contributed by atoms with Gasteiger partial charge in [-0.3, -0.25) is 13.8 Å². The summed E-state index contributed by atoms with van der Waals surface area (Å²) in [6.07, 6.45) is 6.40. The first kappa shape index (κ1) is 26.5. The number of amides is 2. The predicted octanol–water partition coefficient (Wildman–Crippen LogP) is 2.22. The molecule has 10 heteroatoms. The number of carbonyl (C=O) groups is 3. The highest BCUT2D eigenvalue weighted by Gasteiger charge is 2.46. The second-order valence-corrected chi connectivity index (χ2v) is 8.83. The minimum absolute atomic E-state index is 0.120. The number of hydrogen-bond donors (Lipinski definition) is 3. The van der Waals surface area contributed by atoms with E-state index in [1.165, 1.54) is 32.1 Å². The average Bonchev–Trinajstić information content (AvgIpc) is 3.08. The van der Waals surface area contributed by atoms with E-state index in [2.05, 4.69) is 21.7 Å². The van der Waals surface area contributed by atoms with Crippen LogP contribution in [0.1, 0.15) is 78.6 Å². The number of carboxylic acids is 1. The predicted molar refractivity (Wildman–Crippen MR) is 113 cm³/mol. The quantitative estimate of drug-likeness (QED) is 0.327. The topological polar surface area (TPSA) is 131 Å². The Bertz CT molecular complexity index is 586. The van der Waals surface area contributed by atoms with Gasteiger partial charge in [0, 0.05) is 6.54 Å². The highest BCUT2D eigenvalue weighted by atomic mass is 32.2. The van der Waals surface area contributed by atoms with Gasteiger partial charge in [-0.1, -0.05) is 65.7 Å². The molecule has 0 aliphatic carbocycles. The second kappa shape index (κ2) is 14.5. The zero-order valence-corrected chi connectivity index (χ0v) is 19.0. The lowest BCUT2D eigenvalue weighted by atomic mass is 10.0. The van der Waals surface area contributed by atoms with Crippen LogP contribution in [0.4, 0.5) is 0 Å². The third-order valence-corrected chi connectivity index (χ3v) is 5.54. The summed E-state index contributed by atoms with van der Waals surface area (Å²) >= 11 is -2.31. The zero-order chi connectivity index (χ0) is 22.5. The highest BCUT2D eigenvalue weighted by Crippen LogP contribution is 2.19. The molecule has 0 aromatic rings. The maximum absolute atomic E-state index is 12.5. The molecule has 9 nitrogen and oxygen atoms in total. The maximum atomic E-state index is 12.5. The molecule has 1 aliphatic rings. The van der Waals surface area contributed by atoms with Crippen LogP contribution in [-0.2, 0) is 34.1 Å². The van der Waals surface area contributed by atoms with E-state index in [9.17, 15) is 18.6 Å². The van der Waals surface area contributed by atoms with Crippen molar-refractivity contribution >= 4 is 29.1 Å². The molecule has 0 aromatic heterocycles. The van der Waals surface area contributed by atoms with Gasteiger partial charge in [0.25, 0.3) is 5.91 Å². The molecule has 0 saturated carbocycles. The first-order valence-electron chi connectivity index (χ1n) is 10.8. The van der Waals surface area contributed by atoms with Gasteiger partial charge in [0.1, 0.15) is 6.04 Å². The molecule has 1 heterocycles. The van der Waals surface area contributed by atoms with Crippen molar-refractivity contribution in [3.05, 3.63) is 0 Å². The molecular formula is C20H36N2O7S. The molecule has 0 aromatic carbocycles. The van der Waals surface area contributed by atoms with Crippen molar-refractivity contribution in [3.8, 4) is 0 Å². The van der Waals surface area contributed by atoms with E-state index in [1.54, 1.807) is 0 Å². The molecule has 0 bridgehead atoms. The summed E-state index contributed by atoms with van der Waals surface area (Å²) in [5.41, 5.74) is 0. The van der Waals surface area contributed by atoms with E-state index < -0.39 is 41.5 Å². The van der Waals surface area contributed by atoms with Gasteiger partial charge in [-0.15, -0.1) is 0 Å². The summed E-state index contributed by atoms with van der Waals surface area (Å²) in [7, 11) is 0. The van der Waals surface area contributed by atoms with Gasteiger partial charge in [0.05, 0.1) is 0 Å².